The fourth-order valence-corrected chi connectivity index (χ4v) is 1.78. The molecule has 6 nitrogen and oxygen atoms in total. The maximum Gasteiger partial charge on any atom is 0.263 e. The van der Waals surface area contributed by atoms with Crippen molar-refractivity contribution in [2.24, 2.45) is 0 Å². The molecule has 0 saturated carbocycles. The van der Waals surface area contributed by atoms with Gasteiger partial charge in [0.1, 0.15) is 11.3 Å². The van der Waals surface area contributed by atoms with Gasteiger partial charge in [-0.05, 0) is 18.6 Å². The minimum atomic E-state index is -0.570. The number of halogens is 1. The van der Waals surface area contributed by atoms with Gasteiger partial charge in [-0.1, -0.05) is 11.6 Å². The lowest BCUT2D eigenvalue weighted by Crippen LogP contribution is -2.23. The maximum atomic E-state index is 12.0. The topological polar surface area (TPSA) is 84.1 Å². The van der Waals surface area contributed by atoms with Crippen molar-refractivity contribution < 1.29 is 9.53 Å². The van der Waals surface area contributed by atoms with Crippen molar-refractivity contribution in [3.63, 3.8) is 0 Å². The Labute approximate surface area is 119 Å². The van der Waals surface area contributed by atoms with Crippen LogP contribution in [0.2, 0.25) is 5.02 Å². The number of methoxy groups -OCH3 is 1. The van der Waals surface area contributed by atoms with Crippen molar-refractivity contribution in [1.29, 1.82) is 0 Å². The second-order valence-electron chi connectivity index (χ2n) is 4.05. The van der Waals surface area contributed by atoms with E-state index in [0.29, 0.717) is 16.5 Å². The third-order valence-corrected chi connectivity index (χ3v) is 3.10. The fourth-order valence-electron chi connectivity index (χ4n) is 1.63. The van der Waals surface area contributed by atoms with Crippen LogP contribution in [-0.4, -0.2) is 23.0 Å². The van der Waals surface area contributed by atoms with Crippen molar-refractivity contribution in [3.8, 4) is 5.75 Å². The van der Waals surface area contributed by atoms with E-state index in [4.69, 9.17) is 16.3 Å². The first-order valence-corrected chi connectivity index (χ1v) is 6.09. The van der Waals surface area contributed by atoms with E-state index in [2.05, 4.69) is 15.3 Å². The van der Waals surface area contributed by atoms with Crippen molar-refractivity contribution in [2.45, 2.75) is 6.92 Å². The molecule has 0 atom stereocenters. The van der Waals surface area contributed by atoms with Crippen molar-refractivity contribution in [3.05, 3.63) is 51.2 Å². The molecule has 2 aromatic rings. The number of nitrogens with one attached hydrogen (secondary N) is 2. The summed E-state index contributed by atoms with van der Waals surface area (Å²) < 4.78 is 5.15. The molecule has 0 saturated heterocycles. The lowest BCUT2D eigenvalue weighted by molar-refractivity contribution is 0.102. The molecule has 1 aromatic heterocycles. The maximum absolute atomic E-state index is 12.0. The smallest absolute Gasteiger partial charge is 0.263 e. The zero-order chi connectivity index (χ0) is 14.7. The van der Waals surface area contributed by atoms with Crippen LogP contribution in [0.4, 0.5) is 5.69 Å². The van der Waals surface area contributed by atoms with Gasteiger partial charge < -0.3 is 15.0 Å². The van der Waals surface area contributed by atoms with Gasteiger partial charge in [0, 0.05) is 17.3 Å². The van der Waals surface area contributed by atoms with Crippen LogP contribution in [0.1, 0.15) is 15.9 Å². The molecule has 20 heavy (non-hydrogen) atoms. The van der Waals surface area contributed by atoms with E-state index >= 15 is 0 Å². The molecule has 0 aliphatic heterocycles. The molecule has 0 fully saturated rings. The van der Waals surface area contributed by atoms with E-state index in [9.17, 15) is 9.59 Å². The molecule has 0 bridgehead atoms. The Morgan fingerprint density at radius 1 is 1.45 bits per heavy atom. The average molecular weight is 294 g/mol. The molecule has 2 rings (SSSR count). The summed E-state index contributed by atoms with van der Waals surface area (Å²) in [5, 5.41) is 3.13. The second kappa shape index (κ2) is 5.75. The number of amides is 1. The molecule has 1 amide bonds. The minimum Gasteiger partial charge on any atom is -0.495 e. The number of carbonyl (C=O) groups excluding carboxylic acids is 1. The normalized spacial score (nSPS) is 10.2. The Kier molecular flexibility index (Phi) is 4.05. The number of aromatic nitrogens is 2. The first-order valence-electron chi connectivity index (χ1n) is 5.71. The minimum absolute atomic E-state index is 0.0813. The predicted octanol–water partition coefficient (Wildman–Crippen LogP) is 1.99. The first-order chi connectivity index (χ1) is 9.52. The summed E-state index contributed by atoms with van der Waals surface area (Å²) in [6.07, 6.45) is 2.41. The molecule has 0 aliphatic rings. The van der Waals surface area contributed by atoms with Crippen LogP contribution in [0.25, 0.3) is 0 Å². The summed E-state index contributed by atoms with van der Waals surface area (Å²) in [6.45, 7) is 1.80. The van der Waals surface area contributed by atoms with Crippen molar-refractivity contribution in [2.75, 3.05) is 12.4 Å². The van der Waals surface area contributed by atoms with Gasteiger partial charge in [-0.2, -0.15) is 0 Å². The van der Waals surface area contributed by atoms with Gasteiger partial charge >= 0.3 is 0 Å². The Bertz CT molecular complexity index is 712. The van der Waals surface area contributed by atoms with Gasteiger partial charge in [0.05, 0.1) is 19.1 Å². The van der Waals surface area contributed by atoms with Crippen LogP contribution >= 0.6 is 11.6 Å². The average Bonchev–Trinajstić information content (AvgIpc) is 2.43. The number of H-pyrrole nitrogens is 1. The summed E-state index contributed by atoms with van der Waals surface area (Å²) in [7, 11) is 1.47. The fraction of sp³-hybridized carbons (Fsp3) is 0.154. The van der Waals surface area contributed by atoms with E-state index < -0.39 is 11.5 Å². The molecule has 1 heterocycles. The van der Waals surface area contributed by atoms with Crippen LogP contribution in [-0.2, 0) is 0 Å². The van der Waals surface area contributed by atoms with Gasteiger partial charge in [-0.15, -0.1) is 0 Å². The number of nitrogens with zero attached hydrogens (tertiary/aromatic N) is 1. The molecular weight excluding hydrogens is 282 g/mol. The standard InChI is InChI=1S/C13H12ClN3O3/c1-7-3-10(11(20-2)4-9(7)14)17-13(19)8-5-15-6-16-12(8)18/h3-6H,1-2H3,(H,17,19)(H,15,16,18). The van der Waals surface area contributed by atoms with Gasteiger partial charge in [0.25, 0.3) is 11.5 Å². The summed E-state index contributed by atoms with van der Waals surface area (Å²) >= 11 is 5.99. The third kappa shape index (κ3) is 2.80. The zero-order valence-corrected chi connectivity index (χ0v) is 11.6. The first kappa shape index (κ1) is 14.1. The number of hydrogen-bond donors (Lipinski definition) is 2. The van der Waals surface area contributed by atoms with Crippen LogP contribution in [0.3, 0.4) is 0 Å². The molecular formula is C13H12ClN3O3. The quantitative estimate of drug-likeness (QED) is 0.906. The SMILES string of the molecule is COc1cc(Cl)c(C)cc1NC(=O)c1cnc[nH]c1=O. The highest BCUT2D eigenvalue weighted by Gasteiger charge is 2.14. The number of aromatic amines is 1. The number of carbonyl (C=O) groups is 1. The summed E-state index contributed by atoms with van der Waals surface area (Å²) in [5.41, 5.74) is 0.620. The Hall–Kier alpha value is -2.34. The summed E-state index contributed by atoms with van der Waals surface area (Å²) in [6, 6.07) is 3.27. The molecule has 0 radical (unpaired) electrons. The Morgan fingerprint density at radius 2 is 2.20 bits per heavy atom. The van der Waals surface area contributed by atoms with E-state index in [-0.39, 0.29) is 5.56 Å². The van der Waals surface area contributed by atoms with Crippen LogP contribution < -0.4 is 15.6 Å². The molecule has 2 N–H and O–H groups in total. The van der Waals surface area contributed by atoms with Gasteiger partial charge in [0.15, 0.2) is 0 Å². The van der Waals surface area contributed by atoms with Crippen molar-refractivity contribution >= 4 is 23.2 Å². The van der Waals surface area contributed by atoms with E-state index in [1.807, 2.05) is 0 Å². The van der Waals surface area contributed by atoms with Crippen molar-refractivity contribution in [1.82, 2.24) is 9.97 Å². The van der Waals surface area contributed by atoms with E-state index in [0.717, 1.165) is 5.56 Å². The third-order valence-electron chi connectivity index (χ3n) is 2.69. The Morgan fingerprint density at radius 3 is 2.85 bits per heavy atom. The van der Waals surface area contributed by atoms with E-state index in [1.165, 1.54) is 19.6 Å². The highest BCUT2D eigenvalue weighted by atomic mass is 35.5. The number of benzene rings is 1. The molecule has 0 aliphatic carbocycles. The monoisotopic (exact) mass is 293 g/mol. The second-order valence-corrected chi connectivity index (χ2v) is 4.46. The summed E-state index contributed by atoms with van der Waals surface area (Å²) in [4.78, 5) is 29.6. The highest BCUT2D eigenvalue weighted by molar-refractivity contribution is 6.31. The van der Waals surface area contributed by atoms with E-state index in [1.54, 1.807) is 19.1 Å². The van der Waals surface area contributed by atoms with Gasteiger partial charge in [-0.3, -0.25) is 9.59 Å². The number of ether oxygens (including phenoxy) is 1. The lowest BCUT2D eigenvalue weighted by Gasteiger charge is -2.11. The predicted molar refractivity (Wildman–Crippen MR) is 75.6 cm³/mol. The number of rotatable bonds is 3. The molecule has 0 spiro atoms. The molecule has 0 unspecified atom stereocenters. The molecule has 7 heteroatoms. The van der Waals surface area contributed by atoms with Crippen LogP contribution in [0, 0.1) is 6.92 Å². The number of aryl methyl sites for hydroxylation is 1. The van der Waals surface area contributed by atoms with Crippen LogP contribution in [0.15, 0.2) is 29.5 Å². The Balaban J connectivity index is 2.35. The van der Waals surface area contributed by atoms with Gasteiger partial charge in [-0.25, -0.2) is 4.98 Å². The highest BCUT2D eigenvalue weighted by Crippen LogP contribution is 2.31. The number of hydrogen-bond acceptors (Lipinski definition) is 4. The molecule has 1 aromatic carbocycles. The lowest BCUT2D eigenvalue weighted by atomic mass is 10.2. The summed E-state index contributed by atoms with van der Waals surface area (Å²) in [5.74, 6) is -0.159. The van der Waals surface area contributed by atoms with Crippen LogP contribution in [0.5, 0.6) is 5.75 Å². The number of anilines is 1. The molecule has 104 valence electrons. The largest absolute Gasteiger partial charge is 0.495 e. The zero-order valence-electron chi connectivity index (χ0n) is 10.9. The van der Waals surface area contributed by atoms with Gasteiger partial charge in [0.2, 0.25) is 0 Å².